The van der Waals surface area contributed by atoms with Crippen LogP contribution in [0.25, 0.3) is 6.08 Å². The molecule has 1 spiro atoms. The molecule has 126 valence electrons. The van der Waals surface area contributed by atoms with Crippen molar-refractivity contribution in [1.29, 1.82) is 0 Å². The lowest BCUT2D eigenvalue weighted by Crippen LogP contribution is -2.48. The van der Waals surface area contributed by atoms with Crippen LogP contribution in [0, 0.1) is 0 Å². The molecule has 0 saturated carbocycles. The van der Waals surface area contributed by atoms with Crippen molar-refractivity contribution in [2.45, 2.75) is 18.4 Å². The van der Waals surface area contributed by atoms with Crippen molar-refractivity contribution in [3.05, 3.63) is 77.4 Å². The number of benzene rings is 2. The summed E-state index contributed by atoms with van der Waals surface area (Å²) in [6, 6.07) is 17.2. The molecule has 2 aromatic carbocycles. The van der Waals surface area contributed by atoms with Crippen LogP contribution in [0.2, 0.25) is 0 Å². The van der Waals surface area contributed by atoms with Crippen molar-refractivity contribution in [2.75, 3.05) is 13.1 Å². The highest BCUT2D eigenvalue weighted by Crippen LogP contribution is 2.42. The van der Waals surface area contributed by atoms with Gasteiger partial charge in [0.25, 0.3) is 0 Å². The lowest BCUT2D eigenvalue weighted by Gasteiger charge is -2.39. The van der Waals surface area contributed by atoms with Crippen LogP contribution in [0.3, 0.4) is 0 Å². The van der Waals surface area contributed by atoms with Crippen LogP contribution in [-0.2, 0) is 15.1 Å². The van der Waals surface area contributed by atoms with Gasteiger partial charge in [0.1, 0.15) is 0 Å². The minimum atomic E-state index is -0.692. The number of nitrogens with zero attached hydrogens (tertiary/aromatic N) is 1. The molecule has 4 heteroatoms. The average molecular weight is 333 g/mol. The smallest absolute Gasteiger partial charge is 0.339 e. The van der Waals surface area contributed by atoms with Crippen molar-refractivity contribution in [3.63, 3.8) is 0 Å². The van der Waals surface area contributed by atoms with E-state index < -0.39 is 5.60 Å². The lowest BCUT2D eigenvalue weighted by atomic mass is 9.85. The Morgan fingerprint density at radius 2 is 1.84 bits per heavy atom. The third-order valence-corrected chi connectivity index (χ3v) is 4.91. The summed E-state index contributed by atoms with van der Waals surface area (Å²) in [5.41, 5.74) is 1.82. The Kier molecular flexibility index (Phi) is 3.88. The number of hydrogen-bond acceptors (Lipinski definition) is 3. The Morgan fingerprint density at radius 3 is 2.68 bits per heavy atom. The Morgan fingerprint density at radius 1 is 1.08 bits per heavy atom. The van der Waals surface area contributed by atoms with Crippen LogP contribution in [0.4, 0.5) is 0 Å². The molecule has 0 unspecified atom stereocenters. The second kappa shape index (κ2) is 6.20. The normalized spacial score (nSPS) is 22.2. The number of ether oxygens (including phenoxy) is 1. The third kappa shape index (κ3) is 2.84. The number of rotatable bonds is 2. The van der Waals surface area contributed by atoms with Gasteiger partial charge in [-0.3, -0.25) is 4.79 Å². The molecule has 1 amide bonds. The summed E-state index contributed by atoms with van der Waals surface area (Å²) in [5.74, 6) is -0.340. The zero-order valence-corrected chi connectivity index (χ0v) is 13.9. The van der Waals surface area contributed by atoms with Gasteiger partial charge >= 0.3 is 5.97 Å². The third-order valence-electron chi connectivity index (χ3n) is 4.91. The Labute approximate surface area is 146 Å². The largest absolute Gasteiger partial charge is 0.449 e. The predicted molar refractivity (Wildman–Crippen MR) is 94.8 cm³/mol. The molecule has 2 heterocycles. The van der Waals surface area contributed by atoms with Crippen LogP contribution in [0.5, 0.6) is 0 Å². The maximum absolute atomic E-state index is 12.6. The standard InChI is InChI=1S/C21H19NO3/c23-19(12-11-16-7-2-1-3-8-16)22-14-6-13-21(15-22)18-10-5-4-9-17(18)20(24)25-21/h1-5,7-12H,6,13-15H2/b12-11+/t21-/m1/s1. The summed E-state index contributed by atoms with van der Waals surface area (Å²) in [6.07, 6.45) is 4.98. The van der Waals surface area contributed by atoms with Gasteiger partial charge in [-0.05, 0) is 30.5 Å². The molecule has 0 N–H and O–H groups in total. The molecule has 2 aliphatic heterocycles. The van der Waals surface area contributed by atoms with Gasteiger partial charge in [-0.2, -0.15) is 0 Å². The first kappa shape index (κ1) is 15.6. The number of carbonyl (C=O) groups is 2. The molecular formula is C21H19NO3. The monoisotopic (exact) mass is 333 g/mol. The number of carbonyl (C=O) groups excluding carboxylic acids is 2. The number of piperidine rings is 1. The average Bonchev–Trinajstić information content (AvgIpc) is 2.92. The van der Waals surface area contributed by atoms with Gasteiger partial charge in [-0.25, -0.2) is 4.79 Å². The number of likely N-dealkylation sites (tertiary alicyclic amines) is 1. The van der Waals surface area contributed by atoms with E-state index >= 15 is 0 Å². The fourth-order valence-corrected chi connectivity index (χ4v) is 3.70. The van der Waals surface area contributed by atoms with Crippen LogP contribution in [0.15, 0.2) is 60.7 Å². The van der Waals surface area contributed by atoms with Crippen molar-refractivity contribution < 1.29 is 14.3 Å². The second-order valence-electron chi connectivity index (χ2n) is 6.54. The highest BCUT2D eigenvalue weighted by Gasteiger charge is 2.48. The van der Waals surface area contributed by atoms with E-state index in [1.165, 1.54) is 0 Å². The molecule has 2 aliphatic rings. The minimum Gasteiger partial charge on any atom is -0.449 e. The number of fused-ring (bicyclic) bond motifs is 2. The molecule has 4 rings (SSSR count). The van der Waals surface area contributed by atoms with E-state index in [0.717, 1.165) is 24.0 Å². The lowest BCUT2D eigenvalue weighted by molar-refractivity contribution is -0.133. The number of esters is 1. The highest BCUT2D eigenvalue weighted by molar-refractivity contribution is 5.95. The van der Waals surface area contributed by atoms with Gasteiger partial charge in [-0.15, -0.1) is 0 Å². The summed E-state index contributed by atoms with van der Waals surface area (Å²) in [4.78, 5) is 26.6. The van der Waals surface area contributed by atoms with E-state index in [1.54, 1.807) is 17.0 Å². The maximum atomic E-state index is 12.6. The van der Waals surface area contributed by atoms with Crippen molar-refractivity contribution in [3.8, 4) is 0 Å². The quantitative estimate of drug-likeness (QED) is 0.625. The Balaban J connectivity index is 1.55. The van der Waals surface area contributed by atoms with Crippen LogP contribution in [0.1, 0.15) is 34.3 Å². The Hall–Kier alpha value is -2.88. The van der Waals surface area contributed by atoms with Gasteiger partial charge in [-0.1, -0.05) is 48.5 Å². The van der Waals surface area contributed by atoms with E-state index in [2.05, 4.69) is 0 Å². The van der Waals surface area contributed by atoms with Gasteiger partial charge in [0.05, 0.1) is 12.1 Å². The number of amides is 1. The molecule has 25 heavy (non-hydrogen) atoms. The predicted octanol–water partition coefficient (Wildman–Crippen LogP) is 3.39. The van der Waals surface area contributed by atoms with Crippen LogP contribution >= 0.6 is 0 Å². The minimum absolute atomic E-state index is 0.0524. The van der Waals surface area contributed by atoms with E-state index in [4.69, 9.17) is 4.74 Å². The van der Waals surface area contributed by atoms with Gasteiger partial charge in [0.15, 0.2) is 5.60 Å². The maximum Gasteiger partial charge on any atom is 0.339 e. The first-order valence-electron chi connectivity index (χ1n) is 8.53. The first-order valence-corrected chi connectivity index (χ1v) is 8.53. The fourth-order valence-electron chi connectivity index (χ4n) is 3.70. The van der Waals surface area contributed by atoms with Crippen molar-refractivity contribution >= 4 is 18.0 Å². The molecule has 1 fully saturated rings. The molecule has 1 atom stereocenters. The van der Waals surface area contributed by atoms with Crippen molar-refractivity contribution in [1.82, 2.24) is 4.90 Å². The van der Waals surface area contributed by atoms with E-state index in [-0.39, 0.29) is 11.9 Å². The fraction of sp³-hybridized carbons (Fsp3) is 0.238. The molecule has 0 radical (unpaired) electrons. The topological polar surface area (TPSA) is 46.6 Å². The molecule has 2 aromatic rings. The van der Waals surface area contributed by atoms with E-state index in [1.807, 2.05) is 54.6 Å². The highest BCUT2D eigenvalue weighted by atomic mass is 16.6. The summed E-state index contributed by atoms with van der Waals surface area (Å²) in [5, 5.41) is 0. The molecular weight excluding hydrogens is 314 g/mol. The van der Waals surface area contributed by atoms with E-state index in [0.29, 0.717) is 18.7 Å². The molecule has 0 aromatic heterocycles. The summed E-state index contributed by atoms with van der Waals surface area (Å²) in [6.45, 7) is 1.09. The summed E-state index contributed by atoms with van der Waals surface area (Å²) < 4.78 is 5.75. The summed E-state index contributed by atoms with van der Waals surface area (Å²) >= 11 is 0. The zero-order chi connectivity index (χ0) is 17.3. The second-order valence-corrected chi connectivity index (χ2v) is 6.54. The number of hydrogen-bond donors (Lipinski definition) is 0. The zero-order valence-electron chi connectivity index (χ0n) is 13.9. The van der Waals surface area contributed by atoms with E-state index in [9.17, 15) is 9.59 Å². The molecule has 0 aliphatic carbocycles. The SMILES string of the molecule is O=C1O[C@@]2(CCCN(C(=O)/C=C/c3ccccc3)C2)c2ccccc21. The summed E-state index contributed by atoms with van der Waals surface area (Å²) in [7, 11) is 0. The van der Waals surface area contributed by atoms with Crippen LogP contribution < -0.4 is 0 Å². The van der Waals surface area contributed by atoms with Crippen LogP contribution in [-0.4, -0.2) is 29.9 Å². The molecule has 4 nitrogen and oxygen atoms in total. The first-order chi connectivity index (χ1) is 12.2. The van der Waals surface area contributed by atoms with Gasteiger partial charge in [0, 0.05) is 18.2 Å². The molecule has 0 bridgehead atoms. The van der Waals surface area contributed by atoms with Gasteiger partial charge < -0.3 is 9.64 Å². The van der Waals surface area contributed by atoms with Crippen molar-refractivity contribution in [2.24, 2.45) is 0 Å². The Bertz CT molecular complexity index is 843. The molecule has 1 saturated heterocycles. The van der Waals surface area contributed by atoms with Gasteiger partial charge in [0.2, 0.25) is 5.91 Å².